The van der Waals surface area contributed by atoms with Crippen LogP contribution in [0.25, 0.3) is 0 Å². The van der Waals surface area contributed by atoms with Gasteiger partial charge < -0.3 is 14.6 Å². The van der Waals surface area contributed by atoms with Gasteiger partial charge in [-0.1, -0.05) is 0 Å². The van der Waals surface area contributed by atoms with E-state index in [-0.39, 0.29) is 5.75 Å². The van der Waals surface area contributed by atoms with E-state index in [4.69, 9.17) is 9.84 Å². The Morgan fingerprint density at radius 1 is 1.33 bits per heavy atom. The number of hydrogen-bond donors (Lipinski definition) is 1. The number of rotatable bonds is 2. The maximum absolute atomic E-state index is 10.8. The van der Waals surface area contributed by atoms with Crippen molar-refractivity contribution in [2.75, 3.05) is 7.11 Å². The van der Waals surface area contributed by atoms with Gasteiger partial charge in [0, 0.05) is 0 Å². The number of carbonyl (C=O) groups excluding carboxylic acids is 1. The number of carbonyl (C=O) groups is 2. The fourth-order valence-corrected chi connectivity index (χ4v) is 1.01. The Labute approximate surface area is 86.2 Å². The highest BCUT2D eigenvalue weighted by atomic mass is 16.6. The quantitative estimate of drug-likeness (QED) is 0.447. The Kier molecular flexibility index (Phi) is 3.28. The molecule has 0 aliphatic heterocycles. The van der Waals surface area contributed by atoms with Gasteiger partial charge in [0.25, 0.3) is 0 Å². The predicted octanol–water partition coefficient (Wildman–Crippen LogP) is 0.994. The maximum Gasteiger partial charge on any atom is 0.422 e. The summed E-state index contributed by atoms with van der Waals surface area (Å²) in [6.07, 6.45) is 0. The van der Waals surface area contributed by atoms with Crippen LogP contribution in [0.5, 0.6) is 11.5 Å². The number of carboxylic acid groups (broad SMARTS) is 1. The van der Waals surface area contributed by atoms with Gasteiger partial charge in [-0.05, 0) is 30.7 Å². The number of aliphatic carboxylic acids is 1. The summed E-state index contributed by atoms with van der Waals surface area (Å²) in [5.41, 5.74) is 0.629. The molecule has 0 atom stereocenters. The molecule has 5 heteroatoms. The molecule has 0 unspecified atom stereocenters. The number of aryl methyl sites for hydroxylation is 1. The number of hydrogen-bond acceptors (Lipinski definition) is 4. The van der Waals surface area contributed by atoms with Crippen LogP contribution >= 0.6 is 0 Å². The van der Waals surface area contributed by atoms with E-state index in [1.54, 1.807) is 19.1 Å². The lowest BCUT2D eigenvalue weighted by Gasteiger charge is -2.06. The maximum atomic E-state index is 10.8. The molecule has 0 fully saturated rings. The van der Waals surface area contributed by atoms with E-state index < -0.39 is 11.9 Å². The highest BCUT2D eigenvalue weighted by Gasteiger charge is 2.15. The highest BCUT2D eigenvalue weighted by molar-refractivity contribution is 6.29. The molecule has 80 valence electrons. The summed E-state index contributed by atoms with van der Waals surface area (Å²) in [6, 6.07) is 4.71. The van der Waals surface area contributed by atoms with Gasteiger partial charge in [0.15, 0.2) is 0 Å². The molecule has 0 saturated heterocycles. The van der Waals surface area contributed by atoms with Gasteiger partial charge in [-0.15, -0.1) is 0 Å². The fourth-order valence-electron chi connectivity index (χ4n) is 1.01. The Morgan fingerprint density at radius 2 is 2.00 bits per heavy atom. The van der Waals surface area contributed by atoms with Crippen molar-refractivity contribution < 1.29 is 24.2 Å². The van der Waals surface area contributed by atoms with Crippen LogP contribution in [0.1, 0.15) is 5.56 Å². The largest absolute Gasteiger partial charge is 0.497 e. The molecule has 1 aromatic carbocycles. The standard InChI is InChI=1S/C10H10O5/c1-6-5-7(14-2)3-4-8(6)15-10(13)9(11)12/h3-5H,1-2H3,(H,11,12). The van der Waals surface area contributed by atoms with E-state index >= 15 is 0 Å². The van der Waals surface area contributed by atoms with E-state index in [0.717, 1.165) is 0 Å². The molecule has 1 rings (SSSR count). The monoisotopic (exact) mass is 210 g/mol. The van der Waals surface area contributed by atoms with Crippen molar-refractivity contribution in [2.24, 2.45) is 0 Å². The molecule has 0 aromatic heterocycles. The minimum atomic E-state index is -1.62. The minimum absolute atomic E-state index is 0.211. The lowest BCUT2D eigenvalue weighted by Crippen LogP contribution is -2.19. The zero-order valence-electron chi connectivity index (χ0n) is 8.31. The molecule has 5 nitrogen and oxygen atoms in total. The average molecular weight is 210 g/mol. The van der Waals surface area contributed by atoms with Crippen LogP contribution < -0.4 is 9.47 Å². The number of ether oxygens (including phenoxy) is 2. The molecule has 0 radical (unpaired) electrons. The predicted molar refractivity (Wildman–Crippen MR) is 51.0 cm³/mol. The smallest absolute Gasteiger partial charge is 0.422 e. The first-order chi connectivity index (χ1) is 7.04. The van der Waals surface area contributed by atoms with Gasteiger partial charge in [0.1, 0.15) is 11.5 Å². The van der Waals surface area contributed by atoms with Crippen molar-refractivity contribution >= 4 is 11.9 Å². The first-order valence-corrected chi connectivity index (χ1v) is 4.14. The van der Waals surface area contributed by atoms with E-state index in [0.29, 0.717) is 11.3 Å². The summed E-state index contributed by atoms with van der Waals surface area (Å²) in [7, 11) is 1.51. The van der Waals surface area contributed by atoms with Gasteiger partial charge in [0.05, 0.1) is 7.11 Å². The molecule has 0 saturated carbocycles. The number of esters is 1. The Morgan fingerprint density at radius 3 is 2.47 bits per heavy atom. The van der Waals surface area contributed by atoms with Gasteiger partial charge in [-0.25, -0.2) is 9.59 Å². The third-order valence-electron chi connectivity index (χ3n) is 1.76. The van der Waals surface area contributed by atoms with Crippen LogP contribution in [-0.2, 0) is 9.59 Å². The second kappa shape index (κ2) is 4.45. The Hall–Kier alpha value is -2.04. The van der Waals surface area contributed by atoms with E-state index in [1.165, 1.54) is 13.2 Å². The molecule has 0 amide bonds. The summed E-state index contributed by atoms with van der Waals surface area (Å²) in [5.74, 6) is -2.10. The first-order valence-electron chi connectivity index (χ1n) is 4.14. The summed E-state index contributed by atoms with van der Waals surface area (Å²) in [4.78, 5) is 21.0. The number of benzene rings is 1. The van der Waals surface area contributed by atoms with Crippen LogP contribution in [0.2, 0.25) is 0 Å². The molecular weight excluding hydrogens is 200 g/mol. The number of carboxylic acids is 1. The Balaban J connectivity index is 2.87. The lowest BCUT2D eigenvalue weighted by molar-refractivity contribution is -0.158. The summed E-state index contributed by atoms with van der Waals surface area (Å²) in [5, 5.41) is 8.34. The second-order valence-corrected chi connectivity index (χ2v) is 2.83. The molecule has 1 N–H and O–H groups in total. The van der Waals surface area contributed by atoms with Crippen LogP contribution in [0.3, 0.4) is 0 Å². The Bertz CT molecular complexity index is 397. The summed E-state index contributed by atoms with van der Waals surface area (Å²) >= 11 is 0. The van der Waals surface area contributed by atoms with Gasteiger partial charge in [-0.3, -0.25) is 0 Å². The van der Waals surface area contributed by atoms with Crippen molar-refractivity contribution in [1.82, 2.24) is 0 Å². The van der Waals surface area contributed by atoms with Crippen molar-refractivity contribution in [3.63, 3.8) is 0 Å². The molecule has 1 aromatic rings. The SMILES string of the molecule is COc1ccc(OC(=O)C(=O)O)c(C)c1. The topological polar surface area (TPSA) is 72.8 Å². The van der Waals surface area contributed by atoms with Gasteiger partial charge in [-0.2, -0.15) is 0 Å². The molecule has 15 heavy (non-hydrogen) atoms. The van der Waals surface area contributed by atoms with Crippen LogP contribution in [0.4, 0.5) is 0 Å². The fraction of sp³-hybridized carbons (Fsp3) is 0.200. The van der Waals surface area contributed by atoms with E-state index in [1.807, 2.05) is 0 Å². The van der Waals surface area contributed by atoms with Gasteiger partial charge in [0.2, 0.25) is 0 Å². The van der Waals surface area contributed by atoms with Crippen molar-refractivity contribution in [3.8, 4) is 11.5 Å². The zero-order valence-corrected chi connectivity index (χ0v) is 8.31. The number of methoxy groups -OCH3 is 1. The molecule has 0 heterocycles. The summed E-state index contributed by atoms with van der Waals surface area (Å²) in [6.45, 7) is 1.69. The van der Waals surface area contributed by atoms with Crippen molar-refractivity contribution in [1.29, 1.82) is 0 Å². The van der Waals surface area contributed by atoms with Crippen LogP contribution in [-0.4, -0.2) is 24.2 Å². The first kappa shape index (κ1) is 11.0. The third kappa shape index (κ3) is 2.70. The minimum Gasteiger partial charge on any atom is -0.497 e. The van der Waals surface area contributed by atoms with E-state index in [9.17, 15) is 9.59 Å². The van der Waals surface area contributed by atoms with Crippen LogP contribution in [0.15, 0.2) is 18.2 Å². The highest BCUT2D eigenvalue weighted by Crippen LogP contribution is 2.23. The average Bonchev–Trinajstić information content (AvgIpc) is 2.20. The molecule has 0 spiro atoms. The lowest BCUT2D eigenvalue weighted by atomic mass is 10.2. The summed E-state index contributed by atoms with van der Waals surface area (Å²) < 4.78 is 9.56. The molecule has 0 aliphatic rings. The third-order valence-corrected chi connectivity index (χ3v) is 1.76. The molecule has 0 aliphatic carbocycles. The van der Waals surface area contributed by atoms with Gasteiger partial charge >= 0.3 is 11.9 Å². The zero-order chi connectivity index (χ0) is 11.4. The molecular formula is C10H10O5. The van der Waals surface area contributed by atoms with E-state index in [2.05, 4.69) is 4.74 Å². The second-order valence-electron chi connectivity index (χ2n) is 2.83. The van der Waals surface area contributed by atoms with Crippen molar-refractivity contribution in [3.05, 3.63) is 23.8 Å². The van der Waals surface area contributed by atoms with Crippen molar-refractivity contribution in [2.45, 2.75) is 6.92 Å². The molecule has 0 bridgehead atoms. The van der Waals surface area contributed by atoms with Crippen LogP contribution in [0, 0.1) is 6.92 Å². The normalized spacial score (nSPS) is 9.47.